The van der Waals surface area contributed by atoms with Gasteiger partial charge in [-0.2, -0.15) is 0 Å². The Hall–Kier alpha value is -2.69. The van der Waals surface area contributed by atoms with Crippen LogP contribution in [0.1, 0.15) is 41.3 Å². The normalized spacial score (nSPS) is 19.1. The molecule has 5 heteroatoms. The summed E-state index contributed by atoms with van der Waals surface area (Å²) in [5.74, 6) is -1.07. The number of nitrogens with zero attached hydrogens (tertiary/aromatic N) is 1. The fourth-order valence-corrected chi connectivity index (χ4v) is 3.63. The molecule has 0 aliphatic carbocycles. The van der Waals surface area contributed by atoms with Crippen LogP contribution >= 0.6 is 0 Å². The van der Waals surface area contributed by atoms with Crippen LogP contribution in [0, 0.1) is 24.6 Å². The van der Waals surface area contributed by atoms with Gasteiger partial charge in [0.05, 0.1) is 11.5 Å². The molecular weight excluding hydrogens is 355 g/mol. The van der Waals surface area contributed by atoms with E-state index < -0.39 is 5.82 Å². The molecular formula is C23H27FN2O2. The van der Waals surface area contributed by atoms with Gasteiger partial charge >= 0.3 is 0 Å². The van der Waals surface area contributed by atoms with Crippen LogP contribution in [0.3, 0.4) is 0 Å². The molecule has 1 N–H and O–H groups in total. The number of carbonyl (C=O) groups excluding carboxylic acids is 2. The summed E-state index contributed by atoms with van der Waals surface area (Å²) in [5.41, 5.74) is 2.22. The second-order valence-corrected chi connectivity index (χ2v) is 7.95. The van der Waals surface area contributed by atoms with E-state index in [2.05, 4.69) is 5.32 Å². The van der Waals surface area contributed by atoms with E-state index >= 15 is 0 Å². The average Bonchev–Trinajstić information content (AvgIpc) is 3.12. The third-order valence-electron chi connectivity index (χ3n) is 5.24. The van der Waals surface area contributed by atoms with Gasteiger partial charge in [0.15, 0.2) is 0 Å². The highest BCUT2D eigenvalue weighted by atomic mass is 19.1. The van der Waals surface area contributed by atoms with E-state index in [1.807, 2.05) is 45.0 Å². The largest absolute Gasteiger partial charge is 0.356 e. The molecule has 2 aromatic rings. The Kier molecular flexibility index (Phi) is 6.12. The highest BCUT2D eigenvalue weighted by Gasteiger charge is 2.40. The number of aryl methyl sites for hydroxylation is 1. The standard InChI is InChI=1S/C23H27FN2O2/c1-15(2)12-25-22(27)20-14-26(23(28)18-6-4-5-7-21(18)24)13-19(20)17-10-8-16(3)9-11-17/h4-11,15,19-20H,12-14H2,1-3H3,(H,25,27). The summed E-state index contributed by atoms with van der Waals surface area (Å²) in [4.78, 5) is 27.3. The van der Waals surface area contributed by atoms with Crippen LogP contribution < -0.4 is 5.32 Å². The van der Waals surface area contributed by atoms with Gasteiger partial charge in [-0.05, 0) is 30.5 Å². The Labute approximate surface area is 165 Å². The highest BCUT2D eigenvalue weighted by Crippen LogP contribution is 2.34. The number of halogens is 1. The lowest BCUT2D eigenvalue weighted by atomic mass is 9.88. The molecule has 0 aromatic heterocycles. The molecule has 1 aliphatic heterocycles. The zero-order valence-electron chi connectivity index (χ0n) is 16.6. The predicted octanol–water partition coefficient (Wildman–Crippen LogP) is 3.76. The number of likely N-dealkylation sites (tertiary alicyclic amines) is 1. The Morgan fingerprint density at radius 2 is 1.79 bits per heavy atom. The van der Waals surface area contributed by atoms with E-state index in [1.165, 1.54) is 12.1 Å². The van der Waals surface area contributed by atoms with Crippen molar-refractivity contribution in [2.24, 2.45) is 11.8 Å². The molecule has 2 amide bonds. The van der Waals surface area contributed by atoms with Gasteiger partial charge < -0.3 is 10.2 Å². The van der Waals surface area contributed by atoms with Crippen molar-refractivity contribution in [1.29, 1.82) is 0 Å². The number of nitrogens with one attached hydrogen (secondary N) is 1. The Morgan fingerprint density at radius 3 is 2.43 bits per heavy atom. The molecule has 0 saturated carbocycles. The molecule has 2 atom stereocenters. The number of benzene rings is 2. The number of hydrogen-bond donors (Lipinski definition) is 1. The summed E-state index contributed by atoms with van der Waals surface area (Å²) < 4.78 is 14.1. The molecule has 0 radical (unpaired) electrons. The summed E-state index contributed by atoms with van der Waals surface area (Å²) in [6.07, 6.45) is 0. The van der Waals surface area contributed by atoms with E-state index in [0.29, 0.717) is 19.0 Å². The first-order valence-corrected chi connectivity index (χ1v) is 9.75. The molecule has 1 saturated heterocycles. The maximum atomic E-state index is 14.1. The second-order valence-electron chi connectivity index (χ2n) is 7.95. The van der Waals surface area contributed by atoms with Gasteiger partial charge in [0.25, 0.3) is 5.91 Å². The number of hydrogen-bond acceptors (Lipinski definition) is 2. The van der Waals surface area contributed by atoms with Crippen LogP contribution in [-0.4, -0.2) is 36.3 Å². The van der Waals surface area contributed by atoms with E-state index in [-0.39, 0.29) is 35.8 Å². The fourth-order valence-electron chi connectivity index (χ4n) is 3.63. The zero-order valence-corrected chi connectivity index (χ0v) is 16.6. The van der Waals surface area contributed by atoms with Crippen LogP contribution in [0.2, 0.25) is 0 Å². The summed E-state index contributed by atoms with van der Waals surface area (Å²) in [6, 6.07) is 14.0. The minimum absolute atomic E-state index is 0.0494. The van der Waals surface area contributed by atoms with Gasteiger partial charge in [0.2, 0.25) is 5.91 Å². The quantitative estimate of drug-likeness (QED) is 0.856. The lowest BCUT2D eigenvalue weighted by Gasteiger charge is -2.19. The Bertz CT molecular complexity index is 848. The summed E-state index contributed by atoms with van der Waals surface area (Å²) in [5, 5.41) is 2.99. The molecule has 2 unspecified atom stereocenters. The van der Waals surface area contributed by atoms with Gasteiger partial charge in [-0.3, -0.25) is 9.59 Å². The highest BCUT2D eigenvalue weighted by molar-refractivity contribution is 5.95. The molecule has 0 bridgehead atoms. The monoisotopic (exact) mass is 382 g/mol. The Morgan fingerprint density at radius 1 is 1.11 bits per heavy atom. The van der Waals surface area contributed by atoms with Crippen molar-refractivity contribution < 1.29 is 14.0 Å². The van der Waals surface area contributed by atoms with Crippen molar-refractivity contribution in [2.45, 2.75) is 26.7 Å². The smallest absolute Gasteiger partial charge is 0.256 e. The molecule has 1 aliphatic rings. The van der Waals surface area contributed by atoms with Crippen LogP contribution in [0.5, 0.6) is 0 Å². The van der Waals surface area contributed by atoms with Gasteiger partial charge in [0.1, 0.15) is 5.82 Å². The molecule has 2 aromatic carbocycles. The van der Waals surface area contributed by atoms with Crippen molar-refractivity contribution in [3.8, 4) is 0 Å². The summed E-state index contributed by atoms with van der Waals surface area (Å²) in [6.45, 7) is 7.38. The summed E-state index contributed by atoms with van der Waals surface area (Å²) >= 11 is 0. The van der Waals surface area contributed by atoms with Gasteiger partial charge in [-0.15, -0.1) is 0 Å². The minimum atomic E-state index is -0.535. The third kappa shape index (κ3) is 4.41. The molecule has 28 heavy (non-hydrogen) atoms. The SMILES string of the molecule is Cc1ccc(C2CN(C(=O)c3ccccc3F)CC2C(=O)NCC(C)C)cc1. The Balaban J connectivity index is 1.85. The van der Waals surface area contributed by atoms with Gasteiger partial charge in [0, 0.05) is 25.6 Å². The third-order valence-corrected chi connectivity index (χ3v) is 5.24. The average molecular weight is 382 g/mol. The molecule has 0 spiro atoms. The van der Waals surface area contributed by atoms with Crippen molar-refractivity contribution in [1.82, 2.24) is 10.2 Å². The topological polar surface area (TPSA) is 49.4 Å². The van der Waals surface area contributed by atoms with Crippen LogP contribution in [0.15, 0.2) is 48.5 Å². The number of rotatable bonds is 5. The summed E-state index contributed by atoms with van der Waals surface area (Å²) in [7, 11) is 0. The molecule has 1 heterocycles. The van der Waals surface area contributed by atoms with Crippen LogP contribution in [0.4, 0.5) is 4.39 Å². The minimum Gasteiger partial charge on any atom is -0.356 e. The lowest BCUT2D eigenvalue weighted by Crippen LogP contribution is -2.37. The van der Waals surface area contributed by atoms with Crippen molar-refractivity contribution in [3.63, 3.8) is 0 Å². The first kappa shape index (κ1) is 20.1. The van der Waals surface area contributed by atoms with Gasteiger partial charge in [-0.1, -0.05) is 55.8 Å². The van der Waals surface area contributed by atoms with Crippen LogP contribution in [-0.2, 0) is 4.79 Å². The lowest BCUT2D eigenvalue weighted by molar-refractivity contribution is -0.125. The number of carbonyl (C=O) groups is 2. The zero-order chi connectivity index (χ0) is 20.3. The maximum absolute atomic E-state index is 14.1. The van der Waals surface area contributed by atoms with E-state index in [0.717, 1.165) is 11.1 Å². The predicted molar refractivity (Wildman–Crippen MR) is 108 cm³/mol. The molecule has 148 valence electrons. The van der Waals surface area contributed by atoms with Crippen LogP contribution in [0.25, 0.3) is 0 Å². The number of amides is 2. The van der Waals surface area contributed by atoms with Gasteiger partial charge in [-0.25, -0.2) is 4.39 Å². The van der Waals surface area contributed by atoms with E-state index in [4.69, 9.17) is 0 Å². The fraction of sp³-hybridized carbons (Fsp3) is 0.391. The van der Waals surface area contributed by atoms with E-state index in [9.17, 15) is 14.0 Å². The van der Waals surface area contributed by atoms with Crippen molar-refractivity contribution in [2.75, 3.05) is 19.6 Å². The molecule has 4 nitrogen and oxygen atoms in total. The maximum Gasteiger partial charge on any atom is 0.256 e. The molecule has 1 fully saturated rings. The first-order valence-electron chi connectivity index (χ1n) is 9.75. The molecule has 3 rings (SSSR count). The second kappa shape index (κ2) is 8.55. The van der Waals surface area contributed by atoms with Crippen molar-refractivity contribution in [3.05, 3.63) is 71.0 Å². The first-order chi connectivity index (χ1) is 13.4. The van der Waals surface area contributed by atoms with E-state index in [1.54, 1.807) is 17.0 Å². The van der Waals surface area contributed by atoms with Crippen molar-refractivity contribution >= 4 is 11.8 Å².